The van der Waals surface area contributed by atoms with Crippen molar-refractivity contribution in [3.63, 3.8) is 0 Å². The molecule has 0 aliphatic heterocycles. The summed E-state index contributed by atoms with van der Waals surface area (Å²) in [5.74, 6) is -0.847. The molecule has 1 unspecified atom stereocenters. The molecule has 0 N–H and O–H groups in total. The second-order valence-corrected chi connectivity index (χ2v) is 5.92. The van der Waals surface area contributed by atoms with E-state index in [2.05, 4.69) is 0 Å². The summed E-state index contributed by atoms with van der Waals surface area (Å²) < 4.78 is 15.7. The van der Waals surface area contributed by atoms with Gasteiger partial charge in [0.2, 0.25) is 5.79 Å². The summed E-state index contributed by atoms with van der Waals surface area (Å²) in [7, 11) is 0.637. The van der Waals surface area contributed by atoms with E-state index >= 15 is 0 Å². The Morgan fingerprint density at radius 3 is 1.64 bits per heavy atom. The fourth-order valence-corrected chi connectivity index (χ4v) is 2.05. The van der Waals surface area contributed by atoms with Gasteiger partial charge in [0.05, 0.1) is 10.2 Å². The zero-order chi connectivity index (χ0) is 11.2. The van der Waals surface area contributed by atoms with E-state index in [1.807, 2.05) is 27.7 Å². The molecule has 0 aliphatic rings. The minimum Gasteiger partial charge on any atom is -0.359 e. The lowest BCUT2D eigenvalue weighted by atomic mass is 10.3. The normalized spacial score (nSPS) is 16.9. The maximum absolute atomic E-state index is 6.29. The maximum Gasteiger partial charge on any atom is 0.204 e. The minimum atomic E-state index is -0.847. The molecule has 0 aromatic rings. The largest absolute Gasteiger partial charge is 0.359 e. The van der Waals surface area contributed by atoms with E-state index in [1.54, 1.807) is 0 Å². The van der Waals surface area contributed by atoms with E-state index in [9.17, 15) is 0 Å². The highest BCUT2D eigenvalue weighted by Gasteiger charge is 2.46. The summed E-state index contributed by atoms with van der Waals surface area (Å²) >= 11 is 6.29. The second kappa shape index (κ2) is 6.08. The zero-order valence-electron chi connectivity index (χ0n) is 9.72. The van der Waals surface area contributed by atoms with Crippen molar-refractivity contribution >= 4 is 21.8 Å². The van der Waals surface area contributed by atoms with Crippen LogP contribution >= 0.6 is 11.6 Å². The molecule has 0 aromatic carbocycles. The molecule has 5 heteroatoms. The van der Waals surface area contributed by atoms with Crippen LogP contribution in [0.25, 0.3) is 0 Å². The maximum atomic E-state index is 6.29. The minimum absolute atomic E-state index is 0.556. The van der Waals surface area contributed by atoms with Gasteiger partial charge in [-0.1, -0.05) is 11.6 Å². The molecule has 0 aliphatic carbocycles. The number of rotatable bonds is 7. The molecule has 0 fully saturated rings. The Hall–Kier alpha value is 0.387. The van der Waals surface area contributed by atoms with Crippen LogP contribution < -0.4 is 0 Å². The van der Waals surface area contributed by atoms with Crippen molar-refractivity contribution in [2.24, 2.45) is 0 Å². The van der Waals surface area contributed by atoms with Gasteiger partial charge >= 0.3 is 0 Å². The first kappa shape index (κ1) is 14.4. The highest BCUT2D eigenvalue weighted by Crippen LogP contribution is 2.32. The lowest BCUT2D eigenvalue weighted by Crippen LogP contribution is -2.54. The average Bonchev–Trinajstić information content (AvgIpc) is 2.04. The molecule has 0 amide bonds. The van der Waals surface area contributed by atoms with Gasteiger partial charge in [0.25, 0.3) is 0 Å². The van der Waals surface area contributed by atoms with Crippen molar-refractivity contribution in [1.29, 1.82) is 0 Å². The van der Waals surface area contributed by atoms with Gasteiger partial charge in [-0.3, -0.25) is 0 Å². The topological polar surface area (TPSA) is 27.7 Å². The Labute approximate surface area is 94.5 Å². The molecule has 0 heterocycles. The first-order valence-electron chi connectivity index (χ1n) is 5.04. The molecular formula is C9H21ClO3Si. The summed E-state index contributed by atoms with van der Waals surface area (Å²) in [6.45, 7) is 9.24. The standard InChI is InChI=1S/C9H21ClO3Si/c1-5-11-8(4,12-6-2)9(10,14)13-7-3/h5-7H2,1-4,14H3. The van der Waals surface area contributed by atoms with Crippen LogP contribution in [0.4, 0.5) is 0 Å². The first-order chi connectivity index (χ1) is 6.43. The van der Waals surface area contributed by atoms with E-state index in [1.165, 1.54) is 0 Å². The van der Waals surface area contributed by atoms with Crippen LogP contribution in [0, 0.1) is 0 Å². The molecule has 1 atom stereocenters. The van der Waals surface area contributed by atoms with Crippen LogP contribution in [-0.2, 0) is 14.2 Å². The van der Waals surface area contributed by atoms with Gasteiger partial charge in [0.15, 0.2) is 4.68 Å². The van der Waals surface area contributed by atoms with Crippen molar-refractivity contribution < 1.29 is 14.2 Å². The molecule has 0 aromatic heterocycles. The summed E-state index contributed by atoms with van der Waals surface area (Å²) in [5.41, 5.74) is 0. The van der Waals surface area contributed by atoms with Crippen LogP contribution in [0.5, 0.6) is 0 Å². The van der Waals surface area contributed by atoms with Crippen molar-refractivity contribution in [3.05, 3.63) is 0 Å². The number of alkyl halides is 1. The van der Waals surface area contributed by atoms with Crippen molar-refractivity contribution in [3.8, 4) is 0 Å². The number of hydrogen-bond acceptors (Lipinski definition) is 3. The van der Waals surface area contributed by atoms with Crippen molar-refractivity contribution in [2.45, 2.75) is 38.2 Å². The smallest absolute Gasteiger partial charge is 0.204 e. The predicted octanol–water partition coefficient (Wildman–Crippen LogP) is 1.07. The van der Waals surface area contributed by atoms with Crippen LogP contribution in [-0.4, -0.2) is 40.5 Å². The van der Waals surface area contributed by atoms with Gasteiger partial charge in [0.1, 0.15) is 0 Å². The van der Waals surface area contributed by atoms with Crippen molar-refractivity contribution in [2.75, 3.05) is 19.8 Å². The molecule has 14 heavy (non-hydrogen) atoms. The van der Waals surface area contributed by atoms with Gasteiger partial charge in [-0.05, 0) is 27.7 Å². The molecule has 0 spiro atoms. The second-order valence-electron chi connectivity index (χ2n) is 3.16. The molecule has 0 radical (unpaired) electrons. The number of ether oxygens (including phenoxy) is 3. The molecule has 3 nitrogen and oxygen atoms in total. The lowest BCUT2D eigenvalue weighted by Gasteiger charge is -2.40. The molecule has 0 rings (SSSR count). The molecule has 0 bridgehead atoms. The summed E-state index contributed by atoms with van der Waals surface area (Å²) in [4.78, 5) is 0. The number of halogens is 1. The van der Waals surface area contributed by atoms with Gasteiger partial charge < -0.3 is 14.2 Å². The van der Waals surface area contributed by atoms with E-state index in [-0.39, 0.29) is 0 Å². The summed E-state index contributed by atoms with van der Waals surface area (Å²) in [5, 5.41) is 0. The quantitative estimate of drug-likeness (QED) is 0.379. The first-order valence-corrected chi connectivity index (χ1v) is 6.42. The van der Waals surface area contributed by atoms with Crippen LogP contribution in [0.2, 0.25) is 0 Å². The van der Waals surface area contributed by atoms with E-state index < -0.39 is 10.5 Å². The highest BCUT2D eigenvalue weighted by atomic mass is 35.5. The Balaban J connectivity index is 4.59. The van der Waals surface area contributed by atoms with Crippen LogP contribution in [0.15, 0.2) is 0 Å². The third-order valence-electron chi connectivity index (χ3n) is 2.07. The Morgan fingerprint density at radius 2 is 1.36 bits per heavy atom. The Kier molecular flexibility index (Phi) is 6.24. The summed E-state index contributed by atoms with van der Waals surface area (Å²) in [6, 6.07) is 0. The van der Waals surface area contributed by atoms with Gasteiger partial charge in [-0.2, -0.15) is 0 Å². The van der Waals surface area contributed by atoms with E-state index in [0.717, 1.165) is 0 Å². The highest BCUT2D eigenvalue weighted by molar-refractivity contribution is 6.44. The SMILES string of the molecule is CCOC([SiH3])(Cl)C(C)(OCC)OCC. The average molecular weight is 241 g/mol. The van der Waals surface area contributed by atoms with E-state index in [0.29, 0.717) is 30.1 Å². The van der Waals surface area contributed by atoms with Gasteiger partial charge in [0, 0.05) is 19.8 Å². The third kappa shape index (κ3) is 3.51. The number of hydrogen-bond donors (Lipinski definition) is 0. The molecule has 86 valence electrons. The monoisotopic (exact) mass is 240 g/mol. The third-order valence-corrected chi connectivity index (χ3v) is 3.72. The van der Waals surface area contributed by atoms with Gasteiger partial charge in [-0.15, -0.1) is 0 Å². The Bertz CT molecular complexity index is 158. The molecular weight excluding hydrogens is 220 g/mol. The van der Waals surface area contributed by atoms with Gasteiger partial charge in [-0.25, -0.2) is 0 Å². The predicted molar refractivity (Wildman–Crippen MR) is 61.8 cm³/mol. The summed E-state index contributed by atoms with van der Waals surface area (Å²) in [6.07, 6.45) is 0. The molecule has 0 saturated carbocycles. The lowest BCUT2D eigenvalue weighted by molar-refractivity contribution is -0.270. The van der Waals surface area contributed by atoms with E-state index in [4.69, 9.17) is 25.8 Å². The zero-order valence-corrected chi connectivity index (χ0v) is 12.5. The van der Waals surface area contributed by atoms with Crippen LogP contribution in [0.1, 0.15) is 27.7 Å². The van der Waals surface area contributed by atoms with Crippen LogP contribution in [0.3, 0.4) is 0 Å². The fraction of sp³-hybridized carbons (Fsp3) is 1.00. The van der Waals surface area contributed by atoms with Crippen molar-refractivity contribution in [1.82, 2.24) is 0 Å². The molecule has 0 saturated heterocycles. The Morgan fingerprint density at radius 1 is 1.00 bits per heavy atom. The fourth-order valence-electron chi connectivity index (χ4n) is 1.25.